The molecule has 1 aliphatic rings. The minimum absolute atomic E-state index is 0.570. The normalized spacial score (nSPS) is 14.0. The van der Waals surface area contributed by atoms with Gasteiger partial charge >= 0.3 is 0 Å². The van der Waals surface area contributed by atoms with E-state index in [9.17, 15) is 5.26 Å². The lowest BCUT2D eigenvalue weighted by molar-refractivity contribution is 0.122. The molecule has 2 heterocycles. The number of rotatable bonds is 3. The highest BCUT2D eigenvalue weighted by atomic mass is 35.5. The largest absolute Gasteiger partial charge is 0.378 e. The first kappa shape index (κ1) is 17.5. The number of hydrogen-bond donors (Lipinski definition) is 0. The van der Waals surface area contributed by atoms with Gasteiger partial charge in [-0.25, -0.2) is 4.98 Å². The lowest BCUT2D eigenvalue weighted by atomic mass is 9.96. The predicted molar refractivity (Wildman–Crippen MR) is 108 cm³/mol. The van der Waals surface area contributed by atoms with Gasteiger partial charge in [0, 0.05) is 29.2 Å². The van der Waals surface area contributed by atoms with Crippen LogP contribution in [0.25, 0.3) is 22.4 Å². The number of hydrogen-bond acceptors (Lipinski definition) is 4. The van der Waals surface area contributed by atoms with Crippen LogP contribution in [-0.2, 0) is 4.74 Å². The molecular formula is C22H18ClN3O. The maximum atomic E-state index is 9.93. The molecule has 4 nitrogen and oxygen atoms in total. The number of benzene rings is 2. The van der Waals surface area contributed by atoms with Gasteiger partial charge in [0.1, 0.15) is 11.9 Å². The minimum atomic E-state index is 0.570. The van der Waals surface area contributed by atoms with Crippen molar-refractivity contribution in [1.82, 2.24) is 4.98 Å². The van der Waals surface area contributed by atoms with E-state index in [0.717, 1.165) is 35.6 Å². The average molecular weight is 376 g/mol. The Morgan fingerprint density at radius 2 is 1.67 bits per heavy atom. The van der Waals surface area contributed by atoms with Crippen LogP contribution in [0, 0.1) is 11.3 Å². The Hall–Kier alpha value is -2.87. The van der Waals surface area contributed by atoms with Gasteiger partial charge in [0.2, 0.25) is 0 Å². The molecule has 0 bridgehead atoms. The molecule has 3 aromatic rings. The first-order valence-electron chi connectivity index (χ1n) is 8.85. The summed E-state index contributed by atoms with van der Waals surface area (Å²) in [7, 11) is 0. The Labute approximate surface area is 163 Å². The molecule has 2 aromatic carbocycles. The molecule has 0 spiro atoms. The summed E-state index contributed by atoms with van der Waals surface area (Å²) < 4.78 is 5.47. The summed E-state index contributed by atoms with van der Waals surface area (Å²) in [6.45, 7) is 2.93. The summed E-state index contributed by atoms with van der Waals surface area (Å²) in [5, 5.41) is 10.6. The highest BCUT2D eigenvalue weighted by molar-refractivity contribution is 6.30. The van der Waals surface area contributed by atoms with Crippen LogP contribution in [0.15, 0.2) is 60.7 Å². The number of halogens is 1. The molecule has 1 fully saturated rings. The van der Waals surface area contributed by atoms with Crippen LogP contribution in [0.4, 0.5) is 5.82 Å². The maximum Gasteiger partial charge on any atom is 0.130 e. The van der Waals surface area contributed by atoms with E-state index in [1.54, 1.807) is 0 Å². The third-order valence-electron chi connectivity index (χ3n) is 4.66. The van der Waals surface area contributed by atoms with Crippen molar-refractivity contribution < 1.29 is 4.74 Å². The molecule has 4 rings (SSSR count). The molecule has 134 valence electrons. The lowest BCUT2D eigenvalue weighted by Crippen LogP contribution is -2.36. The van der Waals surface area contributed by atoms with Gasteiger partial charge < -0.3 is 9.64 Å². The van der Waals surface area contributed by atoms with Crippen LogP contribution in [0.2, 0.25) is 5.02 Å². The van der Waals surface area contributed by atoms with Crippen LogP contribution in [-0.4, -0.2) is 31.3 Å². The molecule has 0 radical (unpaired) electrons. The van der Waals surface area contributed by atoms with Crippen molar-refractivity contribution in [1.29, 1.82) is 5.26 Å². The van der Waals surface area contributed by atoms with E-state index in [2.05, 4.69) is 11.0 Å². The van der Waals surface area contributed by atoms with E-state index in [0.29, 0.717) is 29.5 Å². The zero-order chi connectivity index (χ0) is 18.6. The first-order chi connectivity index (χ1) is 13.3. The molecule has 0 N–H and O–H groups in total. The van der Waals surface area contributed by atoms with Gasteiger partial charge in [-0.1, -0.05) is 54.1 Å². The van der Waals surface area contributed by atoms with Crippen molar-refractivity contribution in [3.8, 4) is 28.5 Å². The second-order valence-corrected chi connectivity index (χ2v) is 6.77. The average Bonchev–Trinajstić information content (AvgIpc) is 2.74. The zero-order valence-corrected chi connectivity index (χ0v) is 15.5. The third-order valence-corrected chi connectivity index (χ3v) is 4.91. The van der Waals surface area contributed by atoms with Crippen molar-refractivity contribution in [2.45, 2.75) is 0 Å². The summed E-state index contributed by atoms with van der Waals surface area (Å²) >= 11 is 6.05. The number of nitrogens with zero attached hydrogens (tertiary/aromatic N) is 3. The second kappa shape index (κ2) is 7.79. The third kappa shape index (κ3) is 3.66. The minimum Gasteiger partial charge on any atom is -0.378 e. The van der Waals surface area contributed by atoms with Crippen LogP contribution in [0.1, 0.15) is 5.56 Å². The van der Waals surface area contributed by atoms with Crippen molar-refractivity contribution in [2.24, 2.45) is 0 Å². The lowest BCUT2D eigenvalue weighted by Gasteiger charge is -2.29. The van der Waals surface area contributed by atoms with E-state index in [1.165, 1.54) is 0 Å². The van der Waals surface area contributed by atoms with E-state index in [4.69, 9.17) is 21.3 Å². The SMILES string of the molecule is N#Cc1c(-c2ccccc2)cc(N2CCOCC2)nc1-c1ccc(Cl)cc1. The predicted octanol–water partition coefficient (Wildman–Crippen LogP) is 4.78. The van der Waals surface area contributed by atoms with Crippen molar-refractivity contribution in [2.75, 3.05) is 31.2 Å². The molecule has 0 unspecified atom stereocenters. The summed E-state index contributed by atoms with van der Waals surface area (Å²) in [5.41, 5.74) is 4.02. The number of morpholine rings is 1. The van der Waals surface area contributed by atoms with Crippen molar-refractivity contribution >= 4 is 17.4 Å². The summed E-state index contributed by atoms with van der Waals surface area (Å²) in [6.07, 6.45) is 0. The number of nitriles is 1. The summed E-state index contributed by atoms with van der Waals surface area (Å²) in [4.78, 5) is 7.06. The fraction of sp³-hybridized carbons (Fsp3) is 0.182. The van der Waals surface area contributed by atoms with E-state index in [-0.39, 0.29) is 0 Å². The smallest absolute Gasteiger partial charge is 0.130 e. The number of anilines is 1. The number of aromatic nitrogens is 1. The van der Waals surface area contributed by atoms with Gasteiger partial charge in [-0.2, -0.15) is 5.26 Å². The van der Waals surface area contributed by atoms with Gasteiger partial charge in [-0.3, -0.25) is 0 Å². The Bertz CT molecular complexity index is 975. The number of pyridine rings is 1. The molecule has 0 saturated carbocycles. The molecule has 1 aromatic heterocycles. The van der Waals surface area contributed by atoms with Gasteiger partial charge in [-0.05, 0) is 23.8 Å². The van der Waals surface area contributed by atoms with E-state index < -0.39 is 0 Å². The quantitative estimate of drug-likeness (QED) is 0.661. The van der Waals surface area contributed by atoms with Crippen molar-refractivity contribution in [3.63, 3.8) is 0 Å². The topological polar surface area (TPSA) is 49.2 Å². The fourth-order valence-electron chi connectivity index (χ4n) is 3.26. The first-order valence-corrected chi connectivity index (χ1v) is 9.23. The van der Waals surface area contributed by atoms with Gasteiger partial charge in [0.05, 0.1) is 24.5 Å². The van der Waals surface area contributed by atoms with E-state index >= 15 is 0 Å². The summed E-state index contributed by atoms with van der Waals surface area (Å²) in [5.74, 6) is 0.862. The fourth-order valence-corrected chi connectivity index (χ4v) is 3.39. The van der Waals surface area contributed by atoms with Crippen molar-refractivity contribution in [3.05, 3.63) is 71.2 Å². The second-order valence-electron chi connectivity index (χ2n) is 6.34. The molecule has 1 aliphatic heterocycles. The van der Waals surface area contributed by atoms with Crippen LogP contribution in [0.5, 0.6) is 0 Å². The molecule has 0 atom stereocenters. The zero-order valence-electron chi connectivity index (χ0n) is 14.7. The highest BCUT2D eigenvalue weighted by Gasteiger charge is 2.20. The Morgan fingerprint density at radius 1 is 0.963 bits per heavy atom. The molecule has 0 aliphatic carbocycles. The molecule has 0 amide bonds. The van der Waals surface area contributed by atoms with Crippen LogP contribution in [0.3, 0.4) is 0 Å². The van der Waals surface area contributed by atoms with Gasteiger partial charge in [-0.15, -0.1) is 0 Å². The van der Waals surface area contributed by atoms with Crippen LogP contribution >= 0.6 is 11.6 Å². The highest BCUT2D eigenvalue weighted by Crippen LogP contribution is 2.34. The Kier molecular flexibility index (Phi) is 5.06. The monoisotopic (exact) mass is 375 g/mol. The molecule has 27 heavy (non-hydrogen) atoms. The van der Waals surface area contributed by atoms with Crippen LogP contribution < -0.4 is 4.90 Å². The maximum absolute atomic E-state index is 9.93. The number of ether oxygens (including phenoxy) is 1. The standard InChI is InChI=1S/C22H18ClN3O/c23-18-8-6-17(7-9-18)22-20(15-24)19(16-4-2-1-3-5-16)14-21(25-22)26-10-12-27-13-11-26/h1-9,14H,10-13H2. The van der Waals surface area contributed by atoms with E-state index in [1.807, 2.05) is 60.7 Å². The molecule has 5 heteroatoms. The Balaban J connectivity index is 1.93. The molecular weight excluding hydrogens is 358 g/mol. The Morgan fingerprint density at radius 3 is 2.33 bits per heavy atom. The van der Waals surface area contributed by atoms with Gasteiger partial charge in [0.25, 0.3) is 0 Å². The molecule has 1 saturated heterocycles. The van der Waals surface area contributed by atoms with Gasteiger partial charge in [0.15, 0.2) is 0 Å². The summed E-state index contributed by atoms with van der Waals surface area (Å²) in [6, 6.07) is 21.8.